The number of epoxide rings is 1. The normalized spacial score (nSPS) is 44.0. The second-order valence-electron chi connectivity index (χ2n) is 11.4. The van der Waals surface area contributed by atoms with Crippen molar-refractivity contribution < 1.29 is 57.5 Å². The Morgan fingerprint density at radius 1 is 1.00 bits per heavy atom. The molecule has 2 saturated heterocycles. The van der Waals surface area contributed by atoms with E-state index < -0.39 is 94.2 Å². The van der Waals surface area contributed by atoms with Gasteiger partial charge in [-0.15, -0.1) is 11.6 Å². The minimum absolute atomic E-state index is 0.0206. The van der Waals surface area contributed by atoms with E-state index in [1.807, 2.05) is 0 Å². The van der Waals surface area contributed by atoms with Gasteiger partial charge in [0.1, 0.15) is 30.0 Å². The summed E-state index contributed by atoms with van der Waals surface area (Å²) in [5.74, 6) is -6.15. The Bertz CT molecular complexity index is 1190. The number of carbonyl (C=O) groups excluding carboxylic acids is 5. The van der Waals surface area contributed by atoms with E-state index in [9.17, 15) is 29.1 Å². The summed E-state index contributed by atoms with van der Waals surface area (Å²) in [6.07, 6.45) is -3.54. The fraction of sp³-hybridized carbons (Fsp3) is 0.679. The van der Waals surface area contributed by atoms with Crippen LogP contribution in [0.5, 0.6) is 0 Å². The van der Waals surface area contributed by atoms with Crippen molar-refractivity contribution in [1.82, 2.24) is 0 Å². The molecule has 13 heteroatoms. The van der Waals surface area contributed by atoms with Crippen LogP contribution in [0.3, 0.4) is 0 Å². The summed E-state index contributed by atoms with van der Waals surface area (Å²) >= 11 is 6.73. The Balaban J connectivity index is 2.09. The van der Waals surface area contributed by atoms with Gasteiger partial charge >= 0.3 is 29.8 Å². The van der Waals surface area contributed by atoms with E-state index in [4.69, 9.17) is 40.0 Å². The molecular formula is C28H35ClO12. The van der Waals surface area contributed by atoms with Crippen molar-refractivity contribution in [3.8, 4) is 0 Å². The van der Waals surface area contributed by atoms with E-state index in [2.05, 4.69) is 6.58 Å². The van der Waals surface area contributed by atoms with E-state index in [1.54, 1.807) is 6.92 Å². The molecule has 0 amide bonds. The van der Waals surface area contributed by atoms with Gasteiger partial charge in [0, 0.05) is 40.0 Å². The quantitative estimate of drug-likeness (QED) is 0.215. The molecule has 1 N–H and O–H groups in total. The molecule has 0 aromatic carbocycles. The molecule has 0 aromatic rings. The van der Waals surface area contributed by atoms with Gasteiger partial charge in [0.25, 0.3) is 0 Å². The van der Waals surface area contributed by atoms with Crippen LogP contribution in [0.15, 0.2) is 24.3 Å². The first kappa shape index (κ1) is 31.0. The number of hydrogen-bond acceptors (Lipinski definition) is 12. The summed E-state index contributed by atoms with van der Waals surface area (Å²) in [5, 5.41) is 11.3. The van der Waals surface area contributed by atoms with Crippen LogP contribution >= 0.6 is 11.6 Å². The SMILES string of the molecule is C=C1/C=C/[C@H](OC(C)=O)[C@@]2(C)[C@@H](OC(C)=O)C[C@@H](OC(C)=O)[C@]3(CO3)[C@@H]2C(OC(C)=O)[C@@]2(O)[C@H](OC(=O)[C@@H]2C)[C@H]1Cl. The summed E-state index contributed by atoms with van der Waals surface area (Å²) in [7, 11) is 0. The van der Waals surface area contributed by atoms with E-state index in [0.717, 1.165) is 6.92 Å². The maximum absolute atomic E-state index is 13.0. The molecule has 1 spiro atoms. The Kier molecular flexibility index (Phi) is 8.09. The van der Waals surface area contributed by atoms with Crippen LogP contribution in [0.25, 0.3) is 0 Å². The third-order valence-electron chi connectivity index (χ3n) is 8.77. The maximum atomic E-state index is 13.0. The molecule has 4 rings (SSSR count). The van der Waals surface area contributed by atoms with Crippen LogP contribution in [0.4, 0.5) is 0 Å². The standard InChI is InChI=1S/C28H35ClO12/c1-12-8-9-18(37-14(3)30)26(7)19(38-15(4)31)10-20(39-16(5)32)27(11-36-27)22(26)24(40-17(6)33)28(35)13(2)25(34)41-23(28)21(12)29/h8-9,13,18-24,35H,1,10-11H2,2-7H3/b9-8+/t13-,18-,19-,20+,21-,22+,23+,24?,26-,27+,28-/m0/s1. The second-order valence-corrected chi connectivity index (χ2v) is 11.9. The molecule has 0 radical (unpaired) electrons. The largest absolute Gasteiger partial charge is 0.462 e. The van der Waals surface area contributed by atoms with Crippen molar-refractivity contribution in [3.05, 3.63) is 24.3 Å². The Hall–Kier alpha value is -2.96. The first-order chi connectivity index (χ1) is 19.0. The molecule has 41 heavy (non-hydrogen) atoms. The number of rotatable bonds is 4. The minimum atomic E-state index is -2.28. The Morgan fingerprint density at radius 3 is 2.05 bits per heavy atom. The molecule has 2 aliphatic carbocycles. The molecule has 0 aromatic heterocycles. The number of halogens is 1. The molecule has 0 bridgehead atoms. The third-order valence-corrected chi connectivity index (χ3v) is 9.28. The number of aliphatic hydroxyl groups is 1. The fourth-order valence-electron chi connectivity index (χ4n) is 6.81. The molecular weight excluding hydrogens is 564 g/mol. The van der Waals surface area contributed by atoms with Gasteiger partial charge in [-0.3, -0.25) is 24.0 Å². The molecule has 3 fully saturated rings. The molecule has 2 aliphatic heterocycles. The predicted molar refractivity (Wildman–Crippen MR) is 139 cm³/mol. The fourth-order valence-corrected chi connectivity index (χ4v) is 7.13. The molecule has 1 saturated carbocycles. The van der Waals surface area contributed by atoms with Crippen molar-refractivity contribution in [2.75, 3.05) is 6.61 Å². The average Bonchev–Trinajstić information content (AvgIpc) is 3.61. The topological polar surface area (TPSA) is 164 Å². The lowest BCUT2D eigenvalue weighted by Crippen LogP contribution is -2.72. The molecule has 4 aliphatic rings. The van der Waals surface area contributed by atoms with E-state index >= 15 is 0 Å². The van der Waals surface area contributed by atoms with Crippen LogP contribution in [0.2, 0.25) is 0 Å². The highest BCUT2D eigenvalue weighted by Gasteiger charge is 2.78. The van der Waals surface area contributed by atoms with Crippen molar-refractivity contribution in [1.29, 1.82) is 0 Å². The first-order valence-electron chi connectivity index (χ1n) is 13.3. The number of allylic oxidation sites excluding steroid dienone is 1. The van der Waals surface area contributed by atoms with Gasteiger partial charge in [-0.2, -0.15) is 0 Å². The van der Waals surface area contributed by atoms with E-state index in [1.165, 1.54) is 39.8 Å². The number of hydrogen-bond donors (Lipinski definition) is 1. The van der Waals surface area contributed by atoms with Gasteiger partial charge in [-0.1, -0.05) is 19.6 Å². The van der Waals surface area contributed by atoms with Crippen LogP contribution in [0.1, 0.15) is 48.0 Å². The number of carbonyl (C=O) groups is 5. The van der Waals surface area contributed by atoms with Crippen LogP contribution in [-0.2, 0) is 52.4 Å². The van der Waals surface area contributed by atoms with Gasteiger partial charge < -0.3 is 33.5 Å². The summed E-state index contributed by atoms with van der Waals surface area (Å²) in [4.78, 5) is 62.8. The smallest absolute Gasteiger partial charge is 0.312 e. The summed E-state index contributed by atoms with van der Waals surface area (Å²) in [6, 6.07) is 0. The maximum Gasteiger partial charge on any atom is 0.312 e. The highest BCUT2D eigenvalue weighted by molar-refractivity contribution is 6.23. The molecule has 2 heterocycles. The van der Waals surface area contributed by atoms with Crippen molar-refractivity contribution in [2.24, 2.45) is 17.3 Å². The van der Waals surface area contributed by atoms with Gasteiger partial charge in [0.05, 0.1) is 23.3 Å². The zero-order chi connectivity index (χ0) is 30.7. The summed E-state index contributed by atoms with van der Waals surface area (Å²) < 4.78 is 34.7. The Labute approximate surface area is 242 Å². The third kappa shape index (κ3) is 5.03. The highest BCUT2D eigenvalue weighted by Crippen LogP contribution is 2.63. The molecule has 11 atom stereocenters. The number of ether oxygens (including phenoxy) is 6. The molecule has 226 valence electrons. The minimum Gasteiger partial charge on any atom is -0.462 e. The van der Waals surface area contributed by atoms with Crippen molar-refractivity contribution in [2.45, 2.75) is 95.1 Å². The highest BCUT2D eigenvalue weighted by atomic mass is 35.5. The van der Waals surface area contributed by atoms with Gasteiger partial charge in [-0.25, -0.2) is 0 Å². The lowest BCUT2D eigenvalue weighted by molar-refractivity contribution is -0.254. The van der Waals surface area contributed by atoms with Crippen LogP contribution in [0, 0.1) is 17.3 Å². The predicted octanol–water partition coefficient (Wildman–Crippen LogP) is 1.53. The van der Waals surface area contributed by atoms with Crippen molar-refractivity contribution >= 4 is 41.4 Å². The molecule has 1 unspecified atom stereocenters. The Morgan fingerprint density at radius 2 is 1.54 bits per heavy atom. The number of fused-ring (bicyclic) bond motifs is 3. The molecule has 12 nitrogen and oxygen atoms in total. The first-order valence-corrected chi connectivity index (χ1v) is 13.7. The van der Waals surface area contributed by atoms with Gasteiger partial charge in [0.2, 0.25) is 0 Å². The number of esters is 5. The lowest BCUT2D eigenvalue weighted by Gasteiger charge is -2.57. The zero-order valence-electron chi connectivity index (χ0n) is 23.7. The van der Waals surface area contributed by atoms with Crippen molar-refractivity contribution in [3.63, 3.8) is 0 Å². The summed E-state index contributed by atoms with van der Waals surface area (Å²) in [5.41, 5.74) is -5.00. The van der Waals surface area contributed by atoms with Gasteiger partial charge in [-0.05, 0) is 18.6 Å². The van der Waals surface area contributed by atoms with Crippen LogP contribution in [-0.4, -0.2) is 88.7 Å². The second kappa shape index (κ2) is 10.7. The van der Waals surface area contributed by atoms with Gasteiger partial charge in [0.15, 0.2) is 11.7 Å². The summed E-state index contributed by atoms with van der Waals surface area (Å²) in [6.45, 7) is 11.7. The zero-order valence-corrected chi connectivity index (χ0v) is 24.5. The van der Waals surface area contributed by atoms with Crippen LogP contribution < -0.4 is 0 Å². The lowest BCUT2D eigenvalue weighted by atomic mass is 9.52. The average molecular weight is 599 g/mol. The van der Waals surface area contributed by atoms with E-state index in [0.29, 0.717) is 0 Å². The monoisotopic (exact) mass is 598 g/mol. The number of alkyl halides is 1. The van der Waals surface area contributed by atoms with E-state index in [-0.39, 0.29) is 18.6 Å².